The number of rotatable bonds is 5. The molecule has 2 aromatic carbocycles. The second kappa shape index (κ2) is 8.35. The van der Waals surface area contributed by atoms with E-state index in [0.29, 0.717) is 29.9 Å². The molecule has 1 aliphatic heterocycles. The number of fused-ring (bicyclic) bond motifs is 1. The quantitative estimate of drug-likeness (QED) is 0.479. The lowest BCUT2D eigenvalue weighted by Crippen LogP contribution is -2.36. The van der Waals surface area contributed by atoms with Crippen molar-refractivity contribution in [3.05, 3.63) is 87.5 Å². The summed E-state index contributed by atoms with van der Waals surface area (Å²) in [4.78, 5) is 18.3. The molecule has 2 aromatic heterocycles. The minimum atomic E-state index is -0.0550. The van der Waals surface area contributed by atoms with Crippen molar-refractivity contribution < 1.29 is 0 Å². The van der Waals surface area contributed by atoms with Crippen LogP contribution >= 0.6 is 15.9 Å². The maximum atomic E-state index is 4.92. The smallest absolute Gasteiger partial charge is 0.216 e. The maximum absolute atomic E-state index is 4.92. The Labute approximate surface area is 186 Å². The highest BCUT2D eigenvalue weighted by atomic mass is 79.9. The molecule has 0 saturated carbocycles. The first-order chi connectivity index (χ1) is 15.2. The van der Waals surface area contributed by atoms with Gasteiger partial charge in [-0.2, -0.15) is 0 Å². The van der Waals surface area contributed by atoms with Gasteiger partial charge in [0, 0.05) is 30.7 Å². The van der Waals surface area contributed by atoms with Crippen LogP contribution in [0, 0.1) is 0 Å². The van der Waals surface area contributed by atoms with Gasteiger partial charge in [-0.25, -0.2) is 14.6 Å². The molecule has 1 unspecified atom stereocenters. The number of hydrogen-bond donors (Lipinski definition) is 1. The van der Waals surface area contributed by atoms with Crippen LogP contribution < -0.4 is 16.3 Å². The fraction of sp³-hybridized carbons (Fsp3) is 0.182. The van der Waals surface area contributed by atoms with Gasteiger partial charge in [0.1, 0.15) is 0 Å². The van der Waals surface area contributed by atoms with E-state index in [9.17, 15) is 0 Å². The van der Waals surface area contributed by atoms with Crippen LogP contribution in [0.4, 0.5) is 5.69 Å². The fourth-order valence-electron chi connectivity index (χ4n) is 3.52. The normalized spacial score (nSPS) is 15.0. The minimum absolute atomic E-state index is 0.0550. The summed E-state index contributed by atoms with van der Waals surface area (Å²) in [5, 5.41) is 11.7. The van der Waals surface area contributed by atoms with E-state index in [1.54, 1.807) is 17.1 Å². The number of hydrogen-bond acceptors (Lipinski definition) is 7. The fourth-order valence-corrected chi connectivity index (χ4v) is 3.72. The molecule has 0 radical (unpaired) electrons. The van der Waals surface area contributed by atoms with Gasteiger partial charge in [0.2, 0.25) is 5.49 Å². The highest BCUT2D eigenvalue weighted by molar-refractivity contribution is 9.10. The van der Waals surface area contributed by atoms with Crippen molar-refractivity contribution >= 4 is 21.6 Å². The van der Waals surface area contributed by atoms with Crippen molar-refractivity contribution in [3.8, 4) is 11.4 Å². The Morgan fingerprint density at radius 1 is 1.10 bits per heavy atom. The molecule has 5 rings (SSSR count). The van der Waals surface area contributed by atoms with Crippen molar-refractivity contribution in [3.63, 3.8) is 0 Å². The molecule has 0 spiro atoms. The number of aromatic nitrogens is 5. The topological polar surface area (TPSA) is 93.2 Å². The Hall–Kier alpha value is -3.46. The van der Waals surface area contributed by atoms with E-state index in [1.165, 1.54) is 0 Å². The molecule has 4 aromatic rings. The molecule has 0 bridgehead atoms. The molecule has 3 heterocycles. The molecule has 1 aliphatic rings. The Morgan fingerprint density at radius 3 is 2.77 bits per heavy atom. The Bertz CT molecular complexity index is 1350. The predicted octanol–water partition coefficient (Wildman–Crippen LogP) is 2.58. The van der Waals surface area contributed by atoms with E-state index < -0.39 is 0 Å². The number of halogens is 1. The molecule has 154 valence electrons. The highest BCUT2D eigenvalue weighted by Crippen LogP contribution is 2.21. The zero-order chi connectivity index (χ0) is 21.2. The first-order valence-corrected chi connectivity index (χ1v) is 10.7. The number of nitrogens with zero attached hydrogens (tertiary/aromatic N) is 7. The van der Waals surface area contributed by atoms with E-state index in [0.717, 1.165) is 26.9 Å². The number of anilines is 1. The lowest BCUT2D eigenvalue weighted by Gasteiger charge is -2.14. The van der Waals surface area contributed by atoms with Gasteiger partial charge in [0.05, 0.1) is 23.6 Å². The zero-order valence-electron chi connectivity index (χ0n) is 16.8. The van der Waals surface area contributed by atoms with E-state index >= 15 is 0 Å². The minimum Gasteiger partial charge on any atom is -0.388 e. The summed E-state index contributed by atoms with van der Waals surface area (Å²) in [7, 11) is 1.91. The average molecular weight is 475 g/mol. The summed E-state index contributed by atoms with van der Waals surface area (Å²) < 4.78 is 2.65. The van der Waals surface area contributed by atoms with Gasteiger partial charge in [0.25, 0.3) is 0 Å². The number of nitrogens with one attached hydrogen (secondary N) is 1. The van der Waals surface area contributed by atoms with Crippen molar-refractivity contribution in [2.45, 2.75) is 12.6 Å². The van der Waals surface area contributed by atoms with Crippen molar-refractivity contribution in [1.29, 1.82) is 0 Å². The largest absolute Gasteiger partial charge is 0.388 e. The van der Waals surface area contributed by atoms with Crippen LogP contribution in [0.5, 0.6) is 0 Å². The molecule has 1 N–H and O–H groups in total. The third kappa shape index (κ3) is 4.09. The van der Waals surface area contributed by atoms with Crippen LogP contribution in [-0.2, 0) is 6.54 Å². The Kier molecular flexibility index (Phi) is 5.25. The monoisotopic (exact) mass is 474 g/mol. The molecule has 8 nitrogen and oxygen atoms in total. The lowest BCUT2D eigenvalue weighted by atomic mass is 10.1. The van der Waals surface area contributed by atoms with Crippen molar-refractivity contribution in [2.75, 3.05) is 18.9 Å². The van der Waals surface area contributed by atoms with Crippen LogP contribution in [0.1, 0.15) is 17.2 Å². The molecule has 31 heavy (non-hydrogen) atoms. The molecule has 1 atom stereocenters. The van der Waals surface area contributed by atoms with E-state index in [4.69, 9.17) is 4.99 Å². The summed E-state index contributed by atoms with van der Waals surface area (Å²) in [6.07, 6.45) is 3.48. The van der Waals surface area contributed by atoms with Gasteiger partial charge in [-0.1, -0.05) is 35.5 Å². The van der Waals surface area contributed by atoms with E-state index in [1.807, 2.05) is 37.4 Å². The van der Waals surface area contributed by atoms with Gasteiger partial charge in [-0.05, 0) is 45.3 Å². The standard InChI is InChI=1S/C22H19BrN8/c1-24-18-7-3-5-15(9-18)19-12-27-21-22(28-19)31(30-29-21)13-14-4-2-6-16(8-14)20-25-10-17(23)11-26-20/h2-11,19,24H,12-13H2,1H3. The third-order valence-electron chi connectivity index (χ3n) is 5.08. The van der Waals surface area contributed by atoms with Gasteiger partial charge < -0.3 is 5.32 Å². The first-order valence-electron chi connectivity index (χ1n) is 9.86. The SMILES string of the molecule is CNc1cccc(C2CN=c3nnn(Cc4cccc(-c5ncc(Br)cn5)c4)c3=N2)c1. The maximum Gasteiger partial charge on any atom is 0.216 e. The van der Waals surface area contributed by atoms with Crippen LogP contribution in [-0.4, -0.2) is 38.6 Å². The van der Waals surface area contributed by atoms with Gasteiger partial charge in [0.15, 0.2) is 11.3 Å². The molecule has 0 fully saturated rings. The highest BCUT2D eigenvalue weighted by Gasteiger charge is 2.16. The third-order valence-corrected chi connectivity index (χ3v) is 5.49. The number of benzene rings is 2. The Balaban J connectivity index is 1.46. The van der Waals surface area contributed by atoms with Crippen LogP contribution in [0.25, 0.3) is 11.4 Å². The molecule has 0 amide bonds. The first kappa shape index (κ1) is 19.5. The molecule has 0 saturated heterocycles. The summed E-state index contributed by atoms with van der Waals surface area (Å²) in [5.41, 5.74) is 5.47. The molecular formula is C22H19BrN8. The second-order valence-corrected chi connectivity index (χ2v) is 8.10. The van der Waals surface area contributed by atoms with Gasteiger partial charge in [-0.15, -0.1) is 5.10 Å². The van der Waals surface area contributed by atoms with E-state index in [-0.39, 0.29) is 6.04 Å². The van der Waals surface area contributed by atoms with E-state index in [2.05, 4.69) is 64.7 Å². The van der Waals surface area contributed by atoms with Crippen LogP contribution in [0.2, 0.25) is 0 Å². The predicted molar refractivity (Wildman–Crippen MR) is 120 cm³/mol. The summed E-state index contributed by atoms with van der Waals surface area (Å²) in [6, 6.07) is 16.3. The summed E-state index contributed by atoms with van der Waals surface area (Å²) in [5.74, 6) is 0.676. The van der Waals surface area contributed by atoms with Crippen LogP contribution in [0.3, 0.4) is 0 Å². The van der Waals surface area contributed by atoms with Crippen molar-refractivity contribution in [1.82, 2.24) is 25.0 Å². The average Bonchev–Trinajstić information content (AvgIpc) is 3.21. The van der Waals surface area contributed by atoms with Crippen molar-refractivity contribution in [2.24, 2.45) is 9.98 Å². The molecular weight excluding hydrogens is 456 g/mol. The molecule has 9 heteroatoms. The van der Waals surface area contributed by atoms with Gasteiger partial charge in [-0.3, -0.25) is 9.98 Å². The lowest BCUT2D eigenvalue weighted by molar-refractivity contribution is 0.592. The second-order valence-electron chi connectivity index (χ2n) is 7.18. The van der Waals surface area contributed by atoms with Gasteiger partial charge >= 0.3 is 0 Å². The van der Waals surface area contributed by atoms with Crippen LogP contribution in [0.15, 0.2) is 75.4 Å². The summed E-state index contributed by atoms with van der Waals surface area (Å²) >= 11 is 3.37. The molecule has 0 aliphatic carbocycles. The zero-order valence-corrected chi connectivity index (χ0v) is 18.4. The summed E-state index contributed by atoms with van der Waals surface area (Å²) in [6.45, 7) is 1.10. The Morgan fingerprint density at radius 2 is 1.94 bits per heavy atom.